The number of anilines is 1. The Bertz CT molecular complexity index is 1050. The third-order valence-electron chi connectivity index (χ3n) is 8.18. The third-order valence-corrected chi connectivity index (χ3v) is 8.18. The first kappa shape index (κ1) is 17.5. The van der Waals surface area contributed by atoms with Crippen LogP contribution in [0.15, 0.2) is 18.3 Å². The molecule has 0 spiro atoms. The minimum Gasteiger partial charge on any atom is -0.383 e. The Morgan fingerprint density at radius 3 is 2.57 bits per heavy atom. The number of nitrogen functional groups attached to an aromatic ring is 1. The molecule has 2 aromatic heterocycles. The summed E-state index contributed by atoms with van der Waals surface area (Å²) in [5.41, 5.74) is 6.91. The predicted molar refractivity (Wildman–Crippen MR) is 102 cm³/mol. The van der Waals surface area contributed by atoms with E-state index >= 15 is 0 Å². The second kappa shape index (κ2) is 5.37. The minimum atomic E-state index is -4.53. The predicted octanol–water partition coefficient (Wildman–Crippen LogP) is 2.85. The van der Waals surface area contributed by atoms with Crippen LogP contribution in [0.3, 0.4) is 0 Å². The Hall–Kier alpha value is -2.13. The average molecular weight is 417 g/mol. The van der Waals surface area contributed by atoms with Gasteiger partial charge in [-0.15, -0.1) is 0 Å². The largest absolute Gasteiger partial charge is 0.419 e. The first-order valence-electron chi connectivity index (χ1n) is 10.7. The Balaban J connectivity index is 1.28. The van der Waals surface area contributed by atoms with Crippen molar-refractivity contribution in [3.05, 3.63) is 29.6 Å². The number of nitrogens with zero attached hydrogens (tertiary/aromatic N) is 4. The van der Waals surface area contributed by atoms with Crippen LogP contribution in [0.1, 0.15) is 36.6 Å². The quantitative estimate of drug-likeness (QED) is 0.829. The lowest BCUT2D eigenvalue weighted by molar-refractivity contribution is -0.137. The third kappa shape index (κ3) is 2.03. The van der Waals surface area contributed by atoms with Crippen molar-refractivity contribution < 1.29 is 17.9 Å². The Labute approximate surface area is 171 Å². The number of hydrogen-bond acceptors (Lipinski definition) is 5. The highest BCUT2D eigenvalue weighted by Gasteiger charge is 2.94. The van der Waals surface area contributed by atoms with Crippen LogP contribution in [0.4, 0.5) is 19.0 Å². The van der Waals surface area contributed by atoms with Crippen molar-refractivity contribution in [1.82, 2.24) is 19.7 Å². The maximum absolute atomic E-state index is 13.3. The summed E-state index contributed by atoms with van der Waals surface area (Å²) in [6, 6.07) is 4.55. The zero-order valence-electron chi connectivity index (χ0n) is 16.3. The summed E-state index contributed by atoms with van der Waals surface area (Å²) in [5.74, 6) is 0.836. The van der Waals surface area contributed by atoms with Gasteiger partial charge in [-0.3, -0.25) is 9.58 Å². The lowest BCUT2D eigenvalue weighted by Gasteiger charge is -2.35. The molecule has 0 radical (unpaired) electrons. The van der Waals surface area contributed by atoms with E-state index in [9.17, 15) is 13.2 Å². The SMILES string of the molecule is Nc1ncc(-c2cc(C34C5CN(C6COC6)C3C54)n(C3CCC3)n2)cc1C(F)(F)F. The molecule has 0 amide bonds. The van der Waals surface area contributed by atoms with Gasteiger partial charge in [-0.05, 0) is 43.2 Å². The van der Waals surface area contributed by atoms with Gasteiger partial charge in [0, 0.05) is 35.5 Å². The number of aromatic nitrogens is 3. The number of hydrogen-bond donors (Lipinski definition) is 1. The summed E-state index contributed by atoms with van der Waals surface area (Å²) >= 11 is 0. The molecule has 5 heterocycles. The molecule has 6 nitrogen and oxygen atoms in total. The summed E-state index contributed by atoms with van der Waals surface area (Å²) in [7, 11) is 0. The molecule has 3 aliphatic heterocycles. The van der Waals surface area contributed by atoms with Crippen LogP contribution >= 0.6 is 0 Å². The van der Waals surface area contributed by atoms with Crippen LogP contribution in [0.5, 0.6) is 0 Å². The van der Waals surface area contributed by atoms with Crippen molar-refractivity contribution in [2.45, 2.75) is 49.0 Å². The van der Waals surface area contributed by atoms with E-state index in [1.165, 1.54) is 18.3 Å². The van der Waals surface area contributed by atoms with Crippen LogP contribution in [-0.4, -0.2) is 51.5 Å². The number of halogens is 3. The molecule has 8 rings (SSSR count). The van der Waals surface area contributed by atoms with Crippen molar-refractivity contribution in [2.75, 3.05) is 25.5 Å². The van der Waals surface area contributed by atoms with Gasteiger partial charge in [0.05, 0.1) is 36.6 Å². The number of piperidine rings is 1. The Morgan fingerprint density at radius 2 is 1.97 bits per heavy atom. The fourth-order valence-electron chi connectivity index (χ4n) is 6.25. The standard InChI is InChI=1S/C21H22F3N5O/c22-21(23,24)13-4-10(6-26-19(13)25)15-5-16(29(27-15)11-2-1-3-11)20-14-7-28(12-8-30-9-12)18(20)17(14)20/h4-6,11-12,14,17-18H,1-3,7-9H2,(H2,25,26). The summed E-state index contributed by atoms with van der Waals surface area (Å²) in [6.45, 7) is 2.74. The molecule has 2 N–H and O–H groups in total. The first-order chi connectivity index (χ1) is 14.4. The van der Waals surface area contributed by atoms with E-state index in [1.54, 1.807) is 0 Å². The molecule has 3 saturated heterocycles. The summed E-state index contributed by atoms with van der Waals surface area (Å²) in [4.78, 5) is 6.41. The van der Waals surface area contributed by atoms with Gasteiger partial charge in [-0.2, -0.15) is 18.3 Å². The maximum Gasteiger partial charge on any atom is 0.419 e. The molecule has 6 fully saturated rings. The lowest BCUT2D eigenvalue weighted by atomic mass is 9.92. The second-order valence-electron chi connectivity index (χ2n) is 9.50. The molecule has 4 unspecified atom stereocenters. The summed E-state index contributed by atoms with van der Waals surface area (Å²) in [6.07, 6.45) is 0.211. The fourth-order valence-corrected chi connectivity index (χ4v) is 6.25. The minimum absolute atomic E-state index is 0.157. The molecule has 0 aromatic carbocycles. The van der Waals surface area contributed by atoms with E-state index in [0.717, 1.165) is 38.7 Å². The van der Waals surface area contributed by atoms with Gasteiger partial charge >= 0.3 is 6.18 Å². The summed E-state index contributed by atoms with van der Waals surface area (Å²) < 4.78 is 47.5. The van der Waals surface area contributed by atoms with Crippen LogP contribution in [-0.2, 0) is 16.3 Å². The van der Waals surface area contributed by atoms with Gasteiger partial charge in [0.25, 0.3) is 0 Å². The molecule has 4 atom stereocenters. The number of nitrogens with two attached hydrogens (primary N) is 1. The molecule has 6 aliphatic rings. The van der Waals surface area contributed by atoms with E-state index < -0.39 is 17.6 Å². The topological polar surface area (TPSA) is 69.2 Å². The van der Waals surface area contributed by atoms with E-state index in [4.69, 9.17) is 15.6 Å². The highest BCUT2D eigenvalue weighted by molar-refractivity contribution is 5.66. The number of pyridine rings is 1. The fraction of sp³-hybridized carbons (Fsp3) is 0.619. The van der Waals surface area contributed by atoms with Gasteiger partial charge in [0.15, 0.2) is 0 Å². The maximum atomic E-state index is 13.3. The van der Waals surface area contributed by atoms with Crippen molar-refractivity contribution >= 4 is 5.82 Å². The van der Waals surface area contributed by atoms with Gasteiger partial charge in [0.2, 0.25) is 0 Å². The second-order valence-corrected chi connectivity index (χ2v) is 9.50. The van der Waals surface area contributed by atoms with E-state index in [-0.39, 0.29) is 5.41 Å². The van der Waals surface area contributed by atoms with Crippen molar-refractivity contribution in [3.63, 3.8) is 0 Å². The van der Waals surface area contributed by atoms with Crippen LogP contribution in [0.2, 0.25) is 0 Å². The van der Waals surface area contributed by atoms with Crippen molar-refractivity contribution in [2.24, 2.45) is 11.8 Å². The van der Waals surface area contributed by atoms with Gasteiger partial charge < -0.3 is 10.5 Å². The van der Waals surface area contributed by atoms with Crippen molar-refractivity contribution in [1.29, 1.82) is 0 Å². The molecule has 9 heteroatoms. The van der Waals surface area contributed by atoms with E-state index in [1.807, 2.05) is 6.07 Å². The highest BCUT2D eigenvalue weighted by Crippen LogP contribution is 2.86. The number of ether oxygens (including phenoxy) is 1. The number of alkyl halides is 3. The van der Waals surface area contributed by atoms with Crippen LogP contribution in [0.25, 0.3) is 11.3 Å². The summed E-state index contributed by atoms with van der Waals surface area (Å²) in [5, 5.41) is 4.81. The van der Waals surface area contributed by atoms with Gasteiger partial charge in [-0.1, -0.05) is 0 Å². The normalized spacial score (nSPS) is 35.1. The smallest absolute Gasteiger partial charge is 0.383 e. The van der Waals surface area contributed by atoms with Crippen molar-refractivity contribution in [3.8, 4) is 11.3 Å². The number of rotatable bonds is 4. The molecular formula is C21H22F3N5O. The molecule has 3 aliphatic carbocycles. The monoisotopic (exact) mass is 417 g/mol. The average Bonchev–Trinajstić information content (AvgIpc) is 3.17. The van der Waals surface area contributed by atoms with Gasteiger partial charge in [0.1, 0.15) is 5.82 Å². The van der Waals surface area contributed by atoms with E-state index in [0.29, 0.717) is 41.2 Å². The lowest BCUT2D eigenvalue weighted by Crippen LogP contribution is -2.48. The Morgan fingerprint density at radius 1 is 1.17 bits per heavy atom. The molecule has 3 saturated carbocycles. The molecule has 2 bridgehead atoms. The number of fused-ring (bicyclic) bond motifs is 1. The molecule has 158 valence electrons. The van der Waals surface area contributed by atoms with Crippen LogP contribution < -0.4 is 5.73 Å². The zero-order valence-corrected chi connectivity index (χ0v) is 16.3. The molecule has 30 heavy (non-hydrogen) atoms. The molecular weight excluding hydrogens is 395 g/mol. The van der Waals surface area contributed by atoms with Gasteiger partial charge in [-0.25, -0.2) is 4.98 Å². The molecule has 2 aromatic rings. The Kier molecular flexibility index (Phi) is 3.14. The zero-order chi connectivity index (χ0) is 20.4. The van der Waals surface area contributed by atoms with Crippen LogP contribution in [0, 0.1) is 11.8 Å². The van der Waals surface area contributed by atoms with E-state index in [2.05, 4.69) is 14.6 Å². The highest BCUT2D eigenvalue weighted by atomic mass is 19.4. The first-order valence-corrected chi connectivity index (χ1v) is 10.7.